The number of hydrogen-bond donors (Lipinski definition) is 0. The van der Waals surface area contributed by atoms with E-state index >= 15 is 0 Å². The third-order valence-electron chi connectivity index (χ3n) is 3.07. The summed E-state index contributed by atoms with van der Waals surface area (Å²) in [6.07, 6.45) is 0. The summed E-state index contributed by atoms with van der Waals surface area (Å²) >= 11 is 6.03. The van der Waals surface area contributed by atoms with Crippen molar-refractivity contribution in [3.05, 3.63) is 27.8 Å². The molecule has 5 nitrogen and oxygen atoms in total. The van der Waals surface area contributed by atoms with Crippen LogP contribution in [0, 0.1) is 10.1 Å². The fourth-order valence-electron chi connectivity index (χ4n) is 1.86. The molecule has 1 aromatic carbocycles. The normalized spacial score (nSPS) is 17.1. The quantitative estimate of drug-likeness (QED) is 0.481. The largest absolute Gasteiger partial charge is 0.486 e. The fraction of sp³-hybridized carbons (Fsp3) is 0.500. The summed E-state index contributed by atoms with van der Waals surface area (Å²) in [4.78, 5) is 10.7. The molecule has 0 radical (unpaired) electrons. The second kappa shape index (κ2) is 5.02. The van der Waals surface area contributed by atoms with Gasteiger partial charge in [0.15, 0.2) is 11.5 Å². The molecule has 2 rings (SSSR count). The highest BCUT2D eigenvalue weighted by Crippen LogP contribution is 2.40. The van der Waals surface area contributed by atoms with Gasteiger partial charge in [0.05, 0.1) is 11.0 Å². The van der Waals surface area contributed by atoms with Gasteiger partial charge in [0.25, 0.3) is 5.69 Å². The summed E-state index contributed by atoms with van der Waals surface area (Å²) in [5.74, 6) is 0.833. The minimum atomic E-state index is -0.413. The molecule has 1 aliphatic rings. The van der Waals surface area contributed by atoms with Crippen LogP contribution in [-0.4, -0.2) is 23.5 Å². The molecular formula is C12H14ClNO4. The van der Waals surface area contributed by atoms with Crippen molar-refractivity contribution in [2.45, 2.75) is 25.1 Å². The Kier molecular flexibility index (Phi) is 3.61. The molecule has 0 N–H and O–H groups in total. The van der Waals surface area contributed by atoms with Gasteiger partial charge in [-0.2, -0.15) is 0 Å². The molecule has 0 aliphatic carbocycles. The van der Waals surface area contributed by atoms with Gasteiger partial charge in [-0.05, 0) is 13.0 Å². The van der Waals surface area contributed by atoms with Crippen molar-refractivity contribution in [3.63, 3.8) is 0 Å². The van der Waals surface area contributed by atoms with E-state index in [1.54, 1.807) is 6.07 Å². The third kappa shape index (κ3) is 2.36. The predicted octanol–water partition coefficient (Wildman–Crippen LogP) is 3.10. The maximum Gasteiger partial charge on any atom is 0.276 e. The van der Waals surface area contributed by atoms with E-state index < -0.39 is 4.92 Å². The van der Waals surface area contributed by atoms with Crippen molar-refractivity contribution >= 4 is 17.3 Å². The second-order valence-corrected chi connectivity index (χ2v) is 4.97. The number of nitro groups is 1. The Morgan fingerprint density at radius 3 is 2.33 bits per heavy atom. The molecule has 1 aromatic rings. The van der Waals surface area contributed by atoms with Crippen molar-refractivity contribution in [3.8, 4) is 11.5 Å². The Labute approximate surface area is 110 Å². The molecule has 0 fully saturated rings. The number of nitro benzene ring substituents is 1. The molecule has 0 saturated carbocycles. The van der Waals surface area contributed by atoms with Crippen LogP contribution >= 0.6 is 11.6 Å². The van der Waals surface area contributed by atoms with Gasteiger partial charge < -0.3 is 9.47 Å². The Morgan fingerprint density at radius 2 is 1.83 bits per heavy atom. The lowest BCUT2D eigenvalue weighted by Crippen LogP contribution is -2.17. The van der Waals surface area contributed by atoms with Crippen LogP contribution in [0.25, 0.3) is 0 Å². The second-order valence-electron chi connectivity index (χ2n) is 4.28. The summed E-state index contributed by atoms with van der Waals surface area (Å²) < 4.78 is 10.8. The van der Waals surface area contributed by atoms with Gasteiger partial charge in [-0.3, -0.25) is 10.1 Å². The average molecular weight is 272 g/mol. The molecule has 98 valence electrons. The molecule has 0 aromatic heterocycles. The van der Waals surface area contributed by atoms with E-state index in [9.17, 15) is 10.1 Å². The summed E-state index contributed by atoms with van der Waals surface area (Å²) in [6, 6.07) is 3.08. The molecule has 18 heavy (non-hydrogen) atoms. The van der Waals surface area contributed by atoms with Crippen molar-refractivity contribution in [2.24, 2.45) is 0 Å². The first kappa shape index (κ1) is 13.0. The van der Waals surface area contributed by atoms with Gasteiger partial charge in [0, 0.05) is 16.9 Å². The van der Waals surface area contributed by atoms with Gasteiger partial charge in [-0.1, -0.05) is 6.92 Å². The number of ether oxygens (including phenoxy) is 2. The van der Waals surface area contributed by atoms with Crippen molar-refractivity contribution in [1.82, 2.24) is 0 Å². The standard InChI is InChI=1S/C12H14ClNO4/c1-7(8(2)13)9-5-11-12(18-4-3-17-11)6-10(9)14(15)16/h5-8H,3-4H2,1-2H3. The fourth-order valence-corrected chi connectivity index (χ4v) is 2.00. The Morgan fingerprint density at radius 1 is 1.28 bits per heavy atom. The molecule has 0 saturated heterocycles. The number of halogens is 1. The van der Waals surface area contributed by atoms with Crippen LogP contribution in [0.5, 0.6) is 11.5 Å². The summed E-state index contributed by atoms with van der Waals surface area (Å²) in [5, 5.41) is 10.9. The number of rotatable bonds is 3. The zero-order chi connectivity index (χ0) is 13.3. The van der Waals surface area contributed by atoms with E-state index in [1.807, 2.05) is 13.8 Å². The topological polar surface area (TPSA) is 61.6 Å². The minimum Gasteiger partial charge on any atom is -0.486 e. The van der Waals surface area contributed by atoms with Crippen LogP contribution < -0.4 is 9.47 Å². The first-order chi connectivity index (χ1) is 8.50. The van der Waals surface area contributed by atoms with Crippen LogP contribution in [0.3, 0.4) is 0 Å². The van der Waals surface area contributed by atoms with Crippen molar-refractivity contribution in [1.29, 1.82) is 0 Å². The summed E-state index contributed by atoms with van der Waals surface area (Å²) in [5.41, 5.74) is 0.603. The van der Waals surface area contributed by atoms with E-state index in [4.69, 9.17) is 21.1 Å². The van der Waals surface area contributed by atoms with Crippen LogP contribution in [-0.2, 0) is 0 Å². The van der Waals surface area contributed by atoms with Gasteiger partial charge in [-0.25, -0.2) is 0 Å². The molecule has 2 unspecified atom stereocenters. The number of nitrogens with zero attached hydrogens (tertiary/aromatic N) is 1. The molecule has 0 spiro atoms. The van der Waals surface area contributed by atoms with Gasteiger partial charge >= 0.3 is 0 Å². The number of fused-ring (bicyclic) bond motifs is 1. The highest BCUT2D eigenvalue weighted by atomic mass is 35.5. The van der Waals surface area contributed by atoms with Gasteiger partial charge in [-0.15, -0.1) is 11.6 Å². The number of benzene rings is 1. The van der Waals surface area contributed by atoms with E-state index in [2.05, 4.69) is 0 Å². The molecule has 2 atom stereocenters. The maximum absolute atomic E-state index is 11.1. The van der Waals surface area contributed by atoms with Crippen LogP contribution in [0.1, 0.15) is 25.3 Å². The Balaban J connectivity index is 2.52. The first-order valence-electron chi connectivity index (χ1n) is 5.72. The zero-order valence-electron chi connectivity index (χ0n) is 10.2. The van der Waals surface area contributed by atoms with E-state index in [0.717, 1.165) is 0 Å². The van der Waals surface area contributed by atoms with Crippen LogP contribution in [0.4, 0.5) is 5.69 Å². The molecule has 0 amide bonds. The monoisotopic (exact) mass is 271 g/mol. The van der Waals surface area contributed by atoms with Crippen LogP contribution in [0.2, 0.25) is 0 Å². The maximum atomic E-state index is 11.1. The molecular weight excluding hydrogens is 258 g/mol. The average Bonchev–Trinajstić information content (AvgIpc) is 2.36. The predicted molar refractivity (Wildman–Crippen MR) is 67.8 cm³/mol. The SMILES string of the molecule is CC(Cl)C(C)c1cc2c(cc1[N+](=O)[O-])OCCO2. The lowest BCUT2D eigenvalue weighted by Gasteiger charge is -2.21. The minimum absolute atomic E-state index is 0.0271. The lowest BCUT2D eigenvalue weighted by molar-refractivity contribution is -0.385. The third-order valence-corrected chi connectivity index (χ3v) is 3.45. The first-order valence-corrected chi connectivity index (χ1v) is 6.16. The molecule has 0 bridgehead atoms. The molecule has 1 aliphatic heterocycles. The van der Waals surface area contributed by atoms with E-state index in [0.29, 0.717) is 30.3 Å². The highest BCUT2D eigenvalue weighted by Gasteiger charge is 2.27. The van der Waals surface area contributed by atoms with Crippen molar-refractivity contribution in [2.75, 3.05) is 13.2 Å². The summed E-state index contributed by atoms with van der Waals surface area (Å²) in [6.45, 7) is 4.53. The van der Waals surface area contributed by atoms with Gasteiger partial charge in [0.1, 0.15) is 13.2 Å². The number of alkyl halides is 1. The van der Waals surface area contributed by atoms with E-state index in [-0.39, 0.29) is 17.0 Å². The van der Waals surface area contributed by atoms with Gasteiger partial charge in [0.2, 0.25) is 0 Å². The molecule has 6 heteroatoms. The van der Waals surface area contributed by atoms with Crippen LogP contribution in [0.15, 0.2) is 12.1 Å². The smallest absolute Gasteiger partial charge is 0.276 e. The Hall–Kier alpha value is -1.49. The number of hydrogen-bond acceptors (Lipinski definition) is 4. The highest BCUT2D eigenvalue weighted by molar-refractivity contribution is 6.20. The van der Waals surface area contributed by atoms with E-state index in [1.165, 1.54) is 6.07 Å². The zero-order valence-corrected chi connectivity index (χ0v) is 10.9. The Bertz CT molecular complexity index is 475. The molecule has 1 heterocycles. The lowest BCUT2D eigenvalue weighted by atomic mass is 9.96. The summed E-state index contributed by atoms with van der Waals surface area (Å²) in [7, 11) is 0. The van der Waals surface area contributed by atoms with Crippen molar-refractivity contribution < 1.29 is 14.4 Å².